The van der Waals surface area contributed by atoms with Gasteiger partial charge in [0.25, 0.3) is 0 Å². The summed E-state index contributed by atoms with van der Waals surface area (Å²) in [5.41, 5.74) is -0.770. The molecule has 0 saturated carbocycles. The van der Waals surface area contributed by atoms with Crippen LogP contribution >= 0.6 is 0 Å². The highest BCUT2D eigenvalue weighted by molar-refractivity contribution is 5.95. The summed E-state index contributed by atoms with van der Waals surface area (Å²) in [7, 11) is 0. The third-order valence-electron chi connectivity index (χ3n) is 2.03. The van der Waals surface area contributed by atoms with Crippen LogP contribution in [0.5, 0.6) is 0 Å². The molecule has 0 aliphatic heterocycles. The standard InChI is InChI=1S/C12H18O6/c1-7(10(14)15)8(11(16)17)5-9(13)18-6-12(2,3)4/h8H,1,5-6H2,2-4H3,(H,14,15)(H,16,17). The van der Waals surface area contributed by atoms with E-state index in [1.54, 1.807) is 0 Å². The second-order valence-corrected chi connectivity index (χ2v) is 5.15. The van der Waals surface area contributed by atoms with Crippen molar-refractivity contribution in [2.45, 2.75) is 27.2 Å². The molecule has 0 spiro atoms. The molecule has 0 radical (unpaired) electrons. The van der Waals surface area contributed by atoms with Gasteiger partial charge in [-0.1, -0.05) is 27.4 Å². The molecule has 0 heterocycles. The van der Waals surface area contributed by atoms with Crippen LogP contribution in [0.2, 0.25) is 0 Å². The monoisotopic (exact) mass is 258 g/mol. The molecule has 1 unspecified atom stereocenters. The van der Waals surface area contributed by atoms with E-state index in [1.165, 1.54) is 0 Å². The van der Waals surface area contributed by atoms with E-state index in [9.17, 15) is 14.4 Å². The maximum Gasteiger partial charge on any atom is 0.331 e. The van der Waals surface area contributed by atoms with E-state index in [-0.39, 0.29) is 12.0 Å². The van der Waals surface area contributed by atoms with E-state index in [4.69, 9.17) is 14.9 Å². The van der Waals surface area contributed by atoms with Crippen molar-refractivity contribution in [2.24, 2.45) is 11.3 Å². The predicted octanol–water partition coefficient (Wildman–Crippen LogP) is 1.31. The molecule has 0 aliphatic rings. The summed E-state index contributed by atoms with van der Waals surface area (Å²) in [4.78, 5) is 32.9. The molecule has 0 aromatic heterocycles. The Balaban J connectivity index is 4.53. The molecule has 2 N–H and O–H groups in total. The SMILES string of the molecule is C=C(C(=O)O)C(CC(=O)OCC(C)(C)C)C(=O)O. The van der Waals surface area contributed by atoms with Crippen LogP contribution in [0.1, 0.15) is 27.2 Å². The summed E-state index contributed by atoms with van der Waals surface area (Å²) < 4.78 is 4.88. The average molecular weight is 258 g/mol. The number of hydrogen-bond donors (Lipinski definition) is 2. The smallest absolute Gasteiger partial charge is 0.331 e. The van der Waals surface area contributed by atoms with Gasteiger partial charge in [0.2, 0.25) is 0 Å². The fraction of sp³-hybridized carbons (Fsp3) is 0.583. The first-order valence-corrected chi connectivity index (χ1v) is 5.35. The lowest BCUT2D eigenvalue weighted by Crippen LogP contribution is -2.26. The van der Waals surface area contributed by atoms with Gasteiger partial charge in [-0.3, -0.25) is 9.59 Å². The van der Waals surface area contributed by atoms with Crippen molar-refractivity contribution in [3.05, 3.63) is 12.2 Å². The predicted molar refractivity (Wildman–Crippen MR) is 62.9 cm³/mol. The molecule has 0 aromatic carbocycles. The molecule has 102 valence electrons. The molecular weight excluding hydrogens is 240 g/mol. The van der Waals surface area contributed by atoms with Crippen LogP contribution in [0.3, 0.4) is 0 Å². The lowest BCUT2D eigenvalue weighted by Gasteiger charge is -2.18. The zero-order valence-electron chi connectivity index (χ0n) is 10.7. The Morgan fingerprint density at radius 1 is 1.22 bits per heavy atom. The molecule has 6 nitrogen and oxygen atoms in total. The quantitative estimate of drug-likeness (QED) is 0.550. The summed E-state index contributed by atoms with van der Waals surface area (Å²) in [6, 6.07) is 0. The molecule has 0 amide bonds. The summed E-state index contributed by atoms with van der Waals surface area (Å²) in [6.45, 7) is 8.84. The van der Waals surface area contributed by atoms with Crippen LogP contribution < -0.4 is 0 Å². The maximum absolute atomic E-state index is 11.4. The number of esters is 1. The summed E-state index contributed by atoms with van der Waals surface area (Å²) >= 11 is 0. The van der Waals surface area contributed by atoms with E-state index in [2.05, 4.69) is 6.58 Å². The van der Waals surface area contributed by atoms with E-state index in [1.807, 2.05) is 20.8 Å². The van der Waals surface area contributed by atoms with Gasteiger partial charge in [-0.15, -0.1) is 0 Å². The number of carbonyl (C=O) groups is 3. The molecule has 1 atom stereocenters. The number of carbonyl (C=O) groups excluding carboxylic acids is 1. The zero-order valence-corrected chi connectivity index (χ0v) is 10.7. The Kier molecular flexibility index (Phi) is 5.55. The Bertz CT molecular complexity index is 363. The molecule has 6 heteroatoms. The number of ether oxygens (including phenoxy) is 1. The second kappa shape index (κ2) is 6.18. The molecular formula is C12H18O6. The van der Waals surface area contributed by atoms with Gasteiger partial charge in [-0.25, -0.2) is 4.79 Å². The molecule has 0 aliphatic carbocycles. The van der Waals surface area contributed by atoms with Crippen LogP contribution in [0.4, 0.5) is 0 Å². The summed E-state index contributed by atoms with van der Waals surface area (Å²) in [6.07, 6.45) is -0.531. The molecule has 0 saturated heterocycles. The molecule has 0 bridgehead atoms. The third-order valence-corrected chi connectivity index (χ3v) is 2.03. The second-order valence-electron chi connectivity index (χ2n) is 5.15. The van der Waals surface area contributed by atoms with Crippen molar-refractivity contribution < 1.29 is 29.3 Å². The topological polar surface area (TPSA) is 101 Å². The van der Waals surface area contributed by atoms with Gasteiger partial charge in [0.05, 0.1) is 18.9 Å². The van der Waals surface area contributed by atoms with Gasteiger partial charge >= 0.3 is 17.9 Å². The number of rotatable bonds is 6. The minimum atomic E-state index is -1.46. The van der Waals surface area contributed by atoms with E-state index in [0.717, 1.165) is 0 Å². The molecule has 0 rings (SSSR count). The van der Waals surface area contributed by atoms with Crippen LogP contribution in [0, 0.1) is 11.3 Å². The van der Waals surface area contributed by atoms with Crippen molar-refractivity contribution in [1.29, 1.82) is 0 Å². The lowest BCUT2D eigenvalue weighted by molar-refractivity contribution is -0.153. The lowest BCUT2D eigenvalue weighted by atomic mass is 9.96. The van der Waals surface area contributed by atoms with E-state index in [0.29, 0.717) is 0 Å². The average Bonchev–Trinajstić information content (AvgIpc) is 2.20. The van der Waals surface area contributed by atoms with Crippen LogP contribution in [-0.2, 0) is 19.1 Å². The van der Waals surface area contributed by atoms with Crippen molar-refractivity contribution in [3.63, 3.8) is 0 Å². The van der Waals surface area contributed by atoms with Gasteiger partial charge in [-0.05, 0) is 5.41 Å². The fourth-order valence-corrected chi connectivity index (χ4v) is 1.03. The molecule has 18 heavy (non-hydrogen) atoms. The molecule has 0 aromatic rings. The third kappa shape index (κ3) is 6.03. The van der Waals surface area contributed by atoms with Gasteiger partial charge in [0.1, 0.15) is 0 Å². The number of aliphatic carboxylic acids is 2. The van der Waals surface area contributed by atoms with E-state index >= 15 is 0 Å². The van der Waals surface area contributed by atoms with Crippen molar-refractivity contribution in [2.75, 3.05) is 6.61 Å². The van der Waals surface area contributed by atoms with Crippen LogP contribution in [-0.4, -0.2) is 34.7 Å². The summed E-state index contributed by atoms with van der Waals surface area (Å²) in [5, 5.41) is 17.5. The first-order chi connectivity index (χ1) is 8.04. The highest BCUT2D eigenvalue weighted by Crippen LogP contribution is 2.18. The highest BCUT2D eigenvalue weighted by Gasteiger charge is 2.29. The van der Waals surface area contributed by atoms with E-state index < -0.39 is 35.8 Å². The first kappa shape index (κ1) is 16.1. The maximum atomic E-state index is 11.4. The summed E-state index contributed by atoms with van der Waals surface area (Å²) in [5.74, 6) is -5.06. The zero-order chi connectivity index (χ0) is 14.5. The van der Waals surface area contributed by atoms with Gasteiger partial charge in [0, 0.05) is 5.57 Å². The van der Waals surface area contributed by atoms with Gasteiger partial charge < -0.3 is 14.9 Å². The van der Waals surface area contributed by atoms with Gasteiger partial charge in [-0.2, -0.15) is 0 Å². The largest absolute Gasteiger partial charge is 0.481 e. The number of hydrogen-bond acceptors (Lipinski definition) is 4. The Hall–Kier alpha value is -1.85. The van der Waals surface area contributed by atoms with Crippen LogP contribution in [0.15, 0.2) is 12.2 Å². The van der Waals surface area contributed by atoms with Crippen LogP contribution in [0.25, 0.3) is 0 Å². The van der Waals surface area contributed by atoms with Crippen molar-refractivity contribution in [1.82, 2.24) is 0 Å². The normalized spacial score (nSPS) is 12.6. The highest BCUT2D eigenvalue weighted by atomic mass is 16.5. The minimum Gasteiger partial charge on any atom is -0.481 e. The fourth-order valence-electron chi connectivity index (χ4n) is 1.03. The first-order valence-electron chi connectivity index (χ1n) is 5.35. The molecule has 0 fully saturated rings. The Labute approximate surface area is 105 Å². The van der Waals surface area contributed by atoms with Gasteiger partial charge in [0.15, 0.2) is 0 Å². The number of carboxylic acid groups (broad SMARTS) is 2. The Morgan fingerprint density at radius 2 is 1.72 bits per heavy atom. The number of carboxylic acids is 2. The van der Waals surface area contributed by atoms with Crippen molar-refractivity contribution in [3.8, 4) is 0 Å². The Morgan fingerprint density at radius 3 is 2.06 bits per heavy atom. The minimum absolute atomic E-state index is 0.137. The van der Waals surface area contributed by atoms with Crippen molar-refractivity contribution >= 4 is 17.9 Å².